The molecule has 0 nitrogen and oxygen atoms in total. The highest BCUT2D eigenvalue weighted by molar-refractivity contribution is 6.33. The first-order chi connectivity index (χ1) is 6.66. The molecule has 0 saturated heterocycles. The standard InChI is InChI=1S/C8H3Cl2F5/c9-4-1-2-6(10)5(3-4)7(11,12)8(13,14)15/h1-3H. The Bertz CT molecular complexity index is 372. The van der Waals surface area contributed by atoms with Gasteiger partial charge in [0.2, 0.25) is 0 Å². The van der Waals surface area contributed by atoms with Gasteiger partial charge in [0, 0.05) is 5.02 Å². The van der Waals surface area contributed by atoms with E-state index in [-0.39, 0.29) is 5.02 Å². The van der Waals surface area contributed by atoms with Crippen molar-refractivity contribution in [3.8, 4) is 0 Å². The smallest absolute Gasteiger partial charge is 0.191 e. The molecule has 0 radical (unpaired) electrons. The third-order valence-corrected chi connectivity index (χ3v) is 2.19. The molecule has 0 saturated carbocycles. The Kier molecular flexibility index (Phi) is 3.16. The van der Waals surface area contributed by atoms with Crippen molar-refractivity contribution in [3.63, 3.8) is 0 Å². The molecule has 84 valence electrons. The molecule has 0 aliphatic rings. The molecule has 0 aromatic heterocycles. The van der Waals surface area contributed by atoms with E-state index < -0.39 is 22.7 Å². The van der Waals surface area contributed by atoms with Gasteiger partial charge in [0.15, 0.2) is 0 Å². The van der Waals surface area contributed by atoms with Crippen LogP contribution < -0.4 is 0 Å². The minimum atomic E-state index is -5.69. The first kappa shape index (κ1) is 12.5. The van der Waals surface area contributed by atoms with E-state index in [1.165, 1.54) is 0 Å². The normalized spacial score (nSPS) is 13.0. The van der Waals surface area contributed by atoms with Crippen molar-refractivity contribution >= 4 is 23.2 Å². The summed E-state index contributed by atoms with van der Waals surface area (Å²) in [6.45, 7) is 0. The van der Waals surface area contributed by atoms with Crippen LogP contribution in [0.1, 0.15) is 5.56 Å². The molecule has 0 bridgehead atoms. The van der Waals surface area contributed by atoms with E-state index >= 15 is 0 Å². The number of alkyl halides is 5. The molecular weight excluding hydrogens is 262 g/mol. The Morgan fingerprint density at radius 2 is 1.47 bits per heavy atom. The molecule has 0 amide bonds. The number of hydrogen-bond donors (Lipinski definition) is 0. The van der Waals surface area contributed by atoms with Gasteiger partial charge >= 0.3 is 12.1 Å². The monoisotopic (exact) mass is 264 g/mol. The van der Waals surface area contributed by atoms with Gasteiger partial charge in [-0.25, -0.2) is 0 Å². The van der Waals surface area contributed by atoms with Gasteiger partial charge in [-0.2, -0.15) is 22.0 Å². The molecule has 0 N–H and O–H groups in total. The summed E-state index contributed by atoms with van der Waals surface area (Å²) in [7, 11) is 0. The summed E-state index contributed by atoms with van der Waals surface area (Å²) in [4.78, 5) is 0. The first-order valence-corrected chi connectivity index (χ1v) is 4.32. The molecule has 0 aliphatic heterocycles. The topological polar surface area (TPSA) is 0 Å². The fourth-order valence-corrected chi connectivity index (χ4v) is 1.30. The minimum absolute atomic E-state index is 0.238. The summed E-state index contributed by atoms with van der Waals surface area (Å²) < 4.78 is 61.6. The molecule has 15 heavy (non-hydrogen) atoms. The summed E-state index contributed by atoms with van der Waals surface area (Å²) in [5, 5.41) is -0.917. The molecule has 0 spiro atoms. The van der Waals surface area contributed by atoms with Crippen molar-refractivity contribution in [2.45, 2.75) is 12.1 Å². The quantitative estimate of drug-likeness (QED) is 0.648. The van der Waals surface area contributed by atoms with E-state index in [1.807, 2.05) is 0 Å². The molecule has 1 aromatic rings. The molecule has 1 rings (SSSR count). The molecule has 7 heteroatoms. The Balaban J connectivity index is 3.32. The van der Waals surface area contributed by atoms with E-state index in [2.05, 4.69) is 0 Å². The molecule has 0 unspecified atom stereocenters. The molecule has 1 aromatic carbocycles. The highest BCUT2D eigenvalue weighted by Crippen LogP contribution is 2.46. The van der Waals surface area contributed by atoms with Crippen molar-refractivity contribution < 1.29 is 22.0 Å². The number of rotatable bonds is 1. The van der Waals surface area contributed by atoms with Crippen LogP contribution in [0.4, 0.5) is 22.0 Å². The predicted molar refractivity (Wildman–Crippen MR) is 46.4 cm³/mol. The summed E-state index contributed by atoms with van der Waals surface area (Å²) >= 11 is 10.6. The molecule has 0 aliphatic carbocycles. The highest BCUT2D eigenvalue weighted by Gasteiger charge is 2.59. The van der Waals surface area contributed by atoms with E-state index in [4.69, 9.17) is 23.2 Å². The largest absolute Gasteiger partial charge is 0.458 e. The average molecular weight is 265 g/mol. The third-order valence-electron chi connectivity index (χ3n) is 1.62. The van der Waals surface area contributed by atoms with Crippen LogP contribution in [0.15, 0.2) is 18.2 Å². The van der Waals surface area contributed by atoms with Gasteiger partial charge < -0.3 is 0 Å². The Morgan fingerprint density at radius 1 is 0.933 bits per heavy atom. The average Bonchev–Trinajstić information content (AvgIpc) is 2.07. The van der Waals surface area contributed by atoms with Crippen molar-refractivity contribution in [2.75, 3.05) is 0 Å². The van der Waals surface area contributed by atoms with Gasteiger partial charge in [0.25, 0.3) is 0 Å². The van der Waals surface area contributed by atoms with Crippen LogP contribution in [-0.4, -0.2) is 6.18 Å². The Hall–Kier alpha value is -0.550. The lowest BCUT2D eigenvalue weighted by atomic mass is 10.1. The van der Waals surface area contributed by atoms with Gasteiger partial charge in [0.05, 0.1) is 10.6 Å². The van der Waals surface area contributed by atoms with Crippen molar-refractivity contribution in [1.82, 2.24) is 0 Å². The van der Waals surface area contributed by atoms with Gasteiger partial charge in [-0.3, -0.25) is 0 Å². The second-order valence-corrected chi connectivity index (χ2v) is 3.54. The maximum atomic E-state index is 12.8. The van der Waals surface area contributed by atoms with Crippen LogP contribution in [0.25, 0.3) is 0 Å². The third kappa shape index (κ3) is 2.34. The zero-order valence-electron chi connectivity index (χ0n) is 6.88. The highest BCUT2D eigenvalue weighted by atomic mass is 35.5. The van der Waals surface area contributed by atoms with Gasteiger partial charge in [-0.1, -0.05) is 23.2 Å². The molecule has 0 fully saturated rings. The maximum Gasteiger partial charge on any atom is 0.458 e. The lowest BCUT2D eigenvalue weighted by molar-refractivity contribution is -0.289. The van der Waals surface area contributed by atoms with Crippen LogP contribution >= 0.6 is 23.2 Å². The summed E-state index contributed by atoms with van der Waals surface area (Å²) in [6.07, 6.45) is -5.69. The SMILES string of the molecule is FC(F)(F)C(F)(F)c1cc(Cl)ccc1Cl. The fourth-order valence-electron chi connectivity index (χ4n) is 0.891. The summed E-state index contributed by atoms with van der Waals surface area (Å²) in [5.41, 5.74) is -1.34. The van der Waals surface area contributed by atoms with Crippen molar-refractivity contribution in [1.29, 1.82) is 0 Å². The summed E-state index contributed by atoms with van der Waals surface area (Å²) in [5.74, 6) is -5.00. The zero-order valence-corrected chi connectivity index (χ0v) is 8.39. The molecular formula is C8H3Cl2F5. The lowest BCUT2D eigenvalue weighted by Crippen LogP contribution is -2.33. The molecule has 0 heterocycles. The van der Waals surface area contributed by atoms with Crippen LogP contribution in [0.5, 0.6) is 0 Å². The van der Waals surface area contributed by atoms with Gasteiger partial charge in [-0.05, 0) is 18.2 Å². The minimum Gasteiger partial charge on any atom is -0.191 e. The van der Waals surface area contributed by atoms with Crippen LogP contribution in [0, 0.1) is 0 Å². The van der Waals surface area contributed by atoms with Crippen LogP contribution in [0.2, 0.25) is 10.0 Å². The van der Waals surface area contributed by atoms with E-state index in [0.717, 1.165) is 12.1 Å². The second-order valence-electron chi connectivity index (χ2n) is 2.70. The zero-order chi connectivity index (χ0) is 11.9. The van der Waals surface area contributed by atoms with Gasteiger partial charge in [-0.15, -0.1) is 0 Å². The molecule has 0 atom stereocenters. The first-order valence-electron chi connectivity index (χ1n) is 3.56. The van der Waals surface area contributed by atoms with Crippen LogP contribution in [-0.2, 0) is 5.92 Å². The van der Waals surface area contributed by atoms with Crippen molar-refractivity contribution in [3.05, 3.63) is 33.8 Å². The fraction of sp³-hybridized carbons (Fsp3) is 0.250. The lowest BCUT2D eigenvalue weighted by Gasteiger charge is -2.20. The van der Waals surface area contributed by atoms with Gasteiger partial charge in [0.1, 0.15) is 0 Å². The van der Waals surface area contributed by atoms with E-state index in [9.17, 15) is 22.0 Å². The number of halogens is 7. The number of benzene rings is 1. The maximum absolute atomic E-state index is 12.8. The number of hydrogen-bond acceptors (Lipinski definition) is 0. The predicted octanol–water partition coefficient (Wildman–Crippen LogP) is 4.65. The Labute approximate surface area is 91.6 Å². The second kappa shape index (κ2) is 3.79. The Morgan fingerprint density at radius 3 is 1.93 bits per heavy atom. The van der Waals surface area contributed by atoms with E-state index in [1.54, 1.807) is 0 Å². The van der Waals surface area contributed by atoms with Crippen LogP contribution in [0.3, 0.4) is 0 Å². The van der Waals surface area contributed by atoms with E-state index in [0.29, 0.717) is 6.07 Å². The van der Waals surface area contributed by atoms with Crippen molar-refractivity contribution in [2.24, 2.45) is 0 Å². The summed E-state index contributed by atoms with van der Waals surface area (Å²) in [6, 6.07) is 2.51.